The molecule has 1 aromatic rings. The molecule has 0 saturated carbocycles. The lowest BCUT2D eigenvalue weighted by atomic mass is 9.97. The van der Waals surface area contributed by atoms with Crippen LogP contribution in [0.1, 0.15) is 23.6 Å². The summed E-state index contributed by atoms with van der Waals surface area (Å²) in [4.78, 5) is 13.5. The van der Waals surface area contributed by atoms with Gasteiger partial charge in [0.25, 0.3) is 0 Å². The number of alkyl halides is 3. The smallest absolute Gasteiger partial charge is 0.391 e. The third-order valence-corrected chi connectivity index (χ3v) is 4.40. The van der Waals surface area contributed by atoms with Gasteiger partial charge in [0.15, 0.2) is 0 Å². The van der Waals surface area contributed by atoms with E-state index in [4.69, 9.17) is 5.26 Å². The number of nitriles is 1. The highest BCUT2D eigenvalue weighted by molar-refractivity contribution is 8.00. The first-order valence-electron chi connectivity index (χ1n) is 6.93. The molecule has 1 aliphatic rings. The summed E-state index contributed by atoms with van der Waals surface area (Å²) >= 11 is 1.10. The van der Waals surface area contributed by atoms with Gasteiger partial charge in [-0.3, -0.25) is 4.79 Å². The lowest BCUT2D eigenvalue weighted by Gasteiger charge is -2.27. The number of amides is 1. The Morgan fingerprint density at radius 3 is 2.78 bits per heavy atom. The number of rotatable bonds is 4. The van der Waals surface area contributed by atoms with Crippen LogP contribution in [-0.2, 0) is 11.0 Å². The molecule has 1 aliphatic heterocycles. The monoisotopic (exact) mass is 344 g/mol. The second kappa shape index (κ2) is 7.23. The molecule has 8 heteroatoms. The van der Waals surface area contributed by atoms with Gasteiger partial charge in [0.2, 0.25) is 5.91 Å². The number of nitrogens with zero attached hydrogens (tertiary/aromatic N) is 2. The fourth-order valence-electron chi connectivity index (χ4n) is 2.70. The third kappa shape index (κ3) is 4.18. The van der Waals surface area contributed by atoms with Gasteiger partial charge in [0, 0.05) is 6.54 Å². The van der Waals surface area contributed by atoms with Gasteiger partial charge >= 0.3 is 6.18 Å². The van der Waals surface area contributed by atoms with Crippen LogP contribution in [0.15, 0.2) is 24.3 Å². The number of benzene rings is 1. The van der Waals surface area contributed by atoms with E-state index >= 15 is 0 Å². The summed E-state index contributed by atoms with van der Waals surface area (Å²) in [6.07, 6.45) is -5.30. The van der Waals surface area contributed by atoms with Gasteiger partial charge in [-0.25, -0.2) is 0 Å². The molecular formula is C15H15F3N2O2S. The number of carbonyl (C=O) groups is 1. The van der Waals surface area contributed by atoms with E-state index in [1.54, 1.807) is 0 Å². The summed E-state index contributed by atoms with van der Waals surface area (Å²) in [6, 6.07) is 6.19. The van der Waals surface area contributed by atoms with Crippen LogP contribution in [0, 0.1) is 11.3 Å². The van der Waals surface area contributed by atoms with E-state index in [-0.39, 0.29) is 35.9 Å². The number of hydrogen-bond donors (Lipinski definition) is 1. The van der Waals surface area contributed by atoms with Gasteiger partial charge < -0.3 is 10.0 Å². The van der Waals surface area contributed by atoms with Crippen LogP contribution in [-0.4, -0.2) is 40.1 Å². The molecule has 1 heterocycles. The average molecular weight is 344 g/mol. The van der Waals surface area contributed by atoms with E-state index in [1.165, 1.54) is 23.1 Å². The van der Waals surface area contributed by atoms with E-state index in [1.807, 2.05) is 6.07 Å². The van der Waals surface area contributed by atoms with Crippen LogP contribution in [0.5, 0.6) is 0 Å². The minimum atomic E-state index is -4.52. The Morgan fingerprint density at radius 1 is 1.43 bits per heavy atom. The summed E-state index contributed by atoms with van der Waals surface area (Å²) in [6.45, 7) is 0.00278. The van der Waals surface area contributed by atoms with Crippen molar-refractivity contribution in [3.8, 4) is 6.07 Å². The maximum absolute atomic E-state index is 13.2. The van der Waals surface area contributed by atoms with Crippen LogP contribution >= 0.6 is 11.8 Å². The Kier molecular flexibility index (Phi) is 5.55. The van der Waals surface area contributed by atoms with Crippen molar-refractivity contribution in [1.29, 1.82) is 5.26 Å². The van der Waals surface area contributed by atoms with Crippen molar-refractivity contribution >= 4 is 17.7 Å². The molecule has 0 spiro atoms. The quantitative estimate of drug-likeness (QED) is 0.853. The van der Waals surface area contributed by atoms with Gasteiger partial charge in [-0.15, -0.1) is 11.8 Å². The highest BCUT2D eigenvalue weighted by Crippen LogP contribution is 2.40. The maximum Gasteiger partial charge on any atom is 0.416 e. The van der Waals surface area contributed by atoms with E-state index in [0.717, 1.165) is 17.8 Å². The van der Waals surface area contributed by atoms with Crippen LogP contribution < -0.4 is 0 Å². The Labute approximate surface area is 135 Å². The molecule has 2 atom stereocenters. The lowest BCUT2D eigenvalue weighted by Crippen LogP contribution is -2.34. The molecule has 1 N–H and O–H groups in total. The maximum atomic E-state index is 13.2. The molecule has 0 aromatic heterocycles. The molecule has 23 heavy (non-hydrogen) atoms. The first kappa shape index (κ1) is 17.6. The normalized spacial score (nSPS) is 21.3. The molecule has 1 aromatic carbocycles. The van der Waals surface area contributed by atoms with Crippen molar-refractivity contribution < 1.29 is 23.1 Å². The fourth-order valence-corrected chi connectivity index (χ4v) is 3.23. The summed E-state index contributed by atoms with van der Waals surface area (Å²) < 4.78 is 39.5. The van der Waals surface area contributed by atoms with E-state index in [2.05, 4.69) is 0 Å². The molecule has 0 aliphatic carbocycles. The first-order valence-corrected chi connectivity index (χ1v) is 8.08. The number of thioether (sulfide) groups is 1. The number of hydrogen-bond acceptors (Lipinski definition) is 4. The molecule has 1 fully saturated rings. The fraction of sp³-hybridized carbons (Fsp3) is 0.467. The third-order valence-electron chi connectivity index (χ3n) is 3.62. The minimum Gasteiger partial charge on any atom is -0.391 e. The van der Waals surface area contributed by atoms with E-state index in [0.29, 0.717) is 0 Å². The van der Waals surface area contributed by atoms with Gasteiger partial charge in [0.05, 0.1) is 35.3 Å². The van der Waals surface area contributed by atoms with Crippen LogP contribution in [0.3, 0.4) is 0 Å². The molecule has 124 valence electrons. The van der Waals surface area contributed by atoms with Crippen molar-refractivity contribution in [2.45, 2.75) is 24.7 Å². The van der Waals surface area contributed by atoms with E-state index in [9.17, 15) is 23.1 Å². The minimum absolute atomic E-state index is 0.00278. The molecule has 1 amide bonds. The van der Waals surface area contributed by atoms with Crippen LogP contribution in [0.4, 0.5) is 13.2 Å². The summed E-state index contributed by atoms with van der Waals surface area (Å²) in [7, 11) is 0. The van der Waals surface area contributed by atoms with Crippen LogP contribution in [0.2, 0.25) is 0 Å². The summed E-state index contributed by atoms with van der Waals surface area (Å²) in [5.41, 5.74) is -0.795. The largest absolute Gasteiger partial charge is 0.416 e. The van der Waals surface area contributed by atoms with Crippen molar-refractivity contribution in [2.75, 3.05) is 18.1 Å². The van der Waals surface area contributed by atoms with E-state index < -0.39 is 23.9 Å². The number of likely N-dealkylation sites (tertiary alicyclic amines) is 1. The predicted octanol–water partition coefficient (Wildman–Crippen LogP) is 2.60. The number of halogens is 3. The molecule has 0 bridgehead atoms. The Morgan fingerprint density at radius 2 is 2.13 bits per heavy atom. The van der Waals surface area contributed by atoms with Crippen molar-refractivity contribution in [3.05, 3.63) is 35.4 Å². The van der Waals surface area contributed by atoms with Gasteiger partial charge in [0.1, 0.15) is 0 Å². The highest BCUT2D eigenvalue weighted by atomic mass is 32.2. The second-order valence-electron chi connectivity index (χ2n) is 5.19. The summed E-state index contributed by atoms with van der Waals surface area (Å²) in [5.74, 6) is -0.236. The lowest BCUT2D eigenvalue weighted by molar-refractivity contribution is -0.140. The average Bonchev–Trinajstić information content (AvgIpc) is 2.88. The number of aliphatic hydroxyl groups is 1. The Balaban J connectivity index is 2.27. The van der Waals surface area contributed by atoms with Crippen LogP contribution in [0.25, 0.3) is 0 Å². The number of β-amino-alcohol motifs (C(OH)–C–C–N with tert-alkyl or cyclic N) is 1. The number of aliphatic hydroxyl groups excluding tert-OH is 1. The Bertz CT molecular complexity index is 615. The summed E-state index contributed by atoms with van der Waals surface area (Å²) in [5, 5.41) is 18.3. The zero-order valence-corrected chi connectivity index (χ0v) is 12.9. The van der Waals surface area contributed by atoms with Crippen molar-refractivity contribution in [2.24, 2.45) is 0 Å². The zero-order valence-electron chi connectivity index (χ0n) is 12.1. The molecule has 0 radical (unpaired) electrons. The predicted molar refractivity (Wildman–Crippen MR) is 79.5 cm³/mol. The SMILES string of the molecule is N#CCSCC(=O)N1C[C@@H](O)C[C@@H]1c1ccccc1C(F)(F)F. The molecule has 1 saturated heterocycles. The van der Waals surface area contributed by atoms with Crippen molar-refractivity contribution in [3.63, 3.8) is 0 Å². The second-order valence-corrected chi connectivity index (χ2v) is 6.17. The standard InChI is InChI=1S/C15H15F3N2O2S/c16-15(17,18)12-4-2-1-3-11(12)13-7-10(21)8-20(13)14(22)9-23-6-5-19/h1-4,10,13,21H,6-9H2/t10-,13+/m0/s1. The topological polar surface area (TPSA) is 64.3 Å². The highest BCUT2D eigenvalue weighted by Gasteiger charge is 2.41. The first-order chi connectivity index (χ1) is 10.8. The Hall–Kier alpha value is -1.72. The molecule has 0 unspecified atom stereocenters. The zero-order chi connectivity index (χ0) is 17.0. The molecule has 4 nitrogen and oxygen atoms in total. The number of carbonyl (C=O) groups excluding carboxylic acids is 1. The van der Waals surface area contributed by atoms with Crippen molar-refractivity contribution in [1.82, 2.24) is 4.90 Å². The van der Waals surface area contributed by atoms with Gasteiger partial charge in [-0.2, -0.15) is 18.4 Å². The molecular weight excluding hydrogens is 329 g/mol. The van der Waals surface area contributed by atoms with Gasteiger partial charge in [-0.05, 0) is 18.1 Å². The van der Waals surface area contributed by atoms with Gasteiger partial charge in [-0.1, -0.05) is 18.2 Å². The molecule has 2 rings (SSSR count).